The van der Waals surface area contributed by atoms with Crippen molar-refractivity contribution in [1.82, 2.24) is 5.32 Å². The summed E-state index contributed by atoms with van der Waals surface area (Å²) in [4.78, 5) is 0. The van der Waals surface area contributed by atoms with Crippen LogP contribution in [0.1, 0.15) is 25.8 Å². The Bertz CT molecular complexity index is 314. The summed E-state index contributed by atoms with van der Waals surface area (Å²) in [5.41, 5.74) is 7.17. The minimum absolute atomic E-state index is 0.209. The molecule has 0 saturated carbocycles. The van der Waals surface area contributed by atoms with E-state index in [1.165, 1.54) is 5.56 Å². The van der Waals surface area contributed by atoms with Crippen LogP contribution in [0.3, 0.4) is 0 Å². The van der Waals surface area contributed by atoms with Gasteiger partial charge in [0.2, 0.25) is 0 Å². The van der Waals surface area contributed by atoms with Gasteiger partial charge in [-0.05, 0) is 30.9 Å². The molecule has 1 rings (SSSR count). The quantitative estimate of drug-likeness (QED) is 0.614. The average Bonchev–Trinajstić information content (AvgIpc) is 2.35. The molecule has 2 atom stereocenters. The van der Waals surface area contributed by atoms with Crippen molar-refractivity contribution >= 4 is 0 Å². The normalized spacial score (nSPS) is 14.7. The van der Waals surface area contributed by atoms with Crippen LogP contribution in [0.15, 0.2) is 30.3 Å². The SMILES string of the molecule is CC(C)CCNC[C@H](O)C(N)Cc1ccccc1. The Morgan fingerprint density at radius 3 is 2.50 bits per heavy atom. The molecule has 0 aliphatic rings. The number of hydrogen-bond acceptors (Lipinski definition) is 3. The van der Waals surface area contributed by atoms with Crippen molar-refractivity contribution in [3.8, 4) is 0 Å². The largest absolute Gasteiger partial charge is 0.390 e. The van der Waals surface area contributed by atoms with Crippen LogP contribution in [-0.4, -0.2) is 30.3 Å². The van der Waals surface area contributed by atoms with Crippen molar-refractivity contribution in [2.45, 2.75) is 38.8 Å². The third kappa shape index (κ3) is 6.15. The first-order valence-corrected chi connectivity index (χ1v) is 6.78. The smallest absolute Gasteiger partial charge is 0.0818 e. The number of rotatable bonds is 8. The average molecular weight is 250 g/mol. The second kappa shape index (κ2) is 8.25. The molecule has 0 heterocycles. The van der Waals surface area contributed by atoms with E-state index >= 15 is 0 Å². The van der Waals surface area contributed by atoms with E-state index in [0.717, 1.165) is 13.0 Å². The molecule has 0 spiro atoms. The predicted molar refractivity (Wildman–Crippen MR) is 76.5 cm³/mol. The highest BCUT2D eigenvalue weighted by Gasteiger charge is 2.14. The van der Waals surface area contributed by atoms with Crippen molar-refractivity contribution in [2.24, 2.45) is 11.7 Å². The van der Waals surface area contributed by atoms with Crippen molar-refractivity contribution in [3.05, 3.63) is 35.9 Å². The van der Waals surface area contributed by atoms with Gasteiger partial charge >= 0.3 is 0 Å². The molecule has 1 unspecified atom stereocenters. The number of aliphatic hydroxyl groups excluding tert-OH is 1. The lowest BCUT2D eigenvalue weighted by Gasteiger charge is -2.19. The van der Waals surface area contributed by atoms with Gasteiger partial charge in [-0.3, -0.25) is 0 Å². The lowest BCUT2D eigenvalue weighted by atomic mass is 10.0. The second-order valence-electron chi connectivity index (χ2n) is 5.31. The van der Waals surface area contributed by atoms with Crippen LogP contribution in [0.2, 0.25) is 0 Å². The van der Waals surface area contributed by atoms with Crippen molar-refractivity contribution < 1.29 is 5.11 Å². The monoisotopic (exact) mass is 250 g/mol. The van der Waals surface area contributed by atoms with Crippen molar-refractivity contribution in [2.75, 3.05) is 13.1 Å². The van der Waals surface area contributed by atoms with Crippen molar-refractivity contribution in [3.63, 3.8) is 0 Å². The molecule has 0 radical (unpaired) electrons. The van der Waals surface area contributed by atoms with Crippen LogP contribution in [0.4, 0.5) is 0 Å². The predicted octanol–water partition coefficient (Wildman–Crippen LogP) is 1.55. The summed E-state index contributed by atoms with van der Waals surface area (Å²) in [7, 11) is 0. The first-order chi connectivity index (χ1) is 8.59. The number of nitrogens with two attached hydrogens (primary N) is 1. The molecular formula is C15H26N2O. The number of aliphatic hydroxyl groups is 1. The minimum atomic E-state index is -0.489. The molecule has 0 bridgehead atoms. The topological polar surface area (TPSA) is 58.3 Å². The zero-order valence-electron chi connectivity index (χ0n) is 11.5. The van der Waals surface area contributed by atoms with E-state index in [9.17, 15) is 5.11 Å². The van der Waals surface area contributed by atoms with Gasteiger partial charge in [0.15, 0.2) is 0 Å². The van der Waals surface area contributed by atoms with Crippen LogP contribution < -0.4 is 11.1 Å². The van der Waals surface area contributed by atoms with Crippen LogP contribution in [0.5, 0.6) is 0 Å². The third-order valence-electron chi connectivity index (χ3n) is 3.06. The summed E-state index contributed by atoms with van der Waals surface area (Å²) in [6.45, 7) is 5.89. The fourth-order valence-corrected chi connectivity index (χ4v) is 1.81. The molecule has 3 heteroatoms. The fraction of sp³-hybridized carbons (Fsp3) is 0.600. The standard InChI is InChI=1S/C15H26N2O/c1-12(2)8-9-17-11-15(18)14(16)10-13-6-4-3-5-7-13/h3-7,12,14-15,17-18H,8-11,16H2,1-2H3/t14?,15-/m0/s1. The van der Waals surface area contributed by atoms with Gasteiger partial charge in [-0.25, -0.2) is 0 Å². The molecule has 0 saturated heterocycles. The van der Waals surface area contributed by atoms with Gasteiger partial charge in [-0.1, -0.05) is 44.2 Å². The fourth-order valence-electron chi connectivity index (χ4n) is 1.81. The summed E-state index contributed by atoms with van der Waals surface area (Å²) in [5.74, 6) is 0.688. The Morgan fingerprint density at radius 1 is 1.22 bits per heavy atom. The van der Waals surface area contributed by atoms with E-state index in [4.69, 9.17) is 5.73 Å². The summed E-state index contributed by atoms with van der Waals surface area (Å²) in [5, 5.41) is 13.2. The lowest BCUT2D eigenvalue weighted by Crippen LogP contribution is -2.43. The maximum Gasteiger partial charge on any atom is 0.0818 e. The van der Waals surface area contributed by atoms with E-state index in [-0.39, 0.29) is 6.04 Å². The summed E-state index contributed by atoms with van der Waals surface area (Å²) in [6, 6.07) is 9.85. The molecule has 102 valence electrons. The highest BCUT2D eigenvalue weighted by molar-refractivity contribution is 5.16. The number of nitrogens with one attached hydrogen (secondary N) is 1. The van der Waals surface area contributed by atoms with Crippen LogP contribution in [0, 0.1) is 5.92 Å². The van der Waals surface area contributed by atoms with Gasteiger partial charge < -0.3 is 16.2 Å². The Balaban J connectivity index is 2.22. The first-order valence-electron chi connectivity index (χ1n) is 6.78. The molecular weight excluding hydrogens is 224 g/mol. The van der Waals surface area contributed by atoms with Crippen LogP contribution >= 0.6 is 0 Å². The Hall–Kier alpha value is -0.900. The molecule has 0 aliphatic heterocycles. The lowest BCUT2D eigenvalue weighted by molar-refractivity contribution is 0.141. The zero-order valence-corrected chi connectivity index (χ0v) is 11.5. The minimum Gasteiger partial charge on any atom is -0.390 e. The molecule has 0 fully saturated rings. The van der Waals surface area contributed by atoms with Gasteiger partial charge in [0.25, 0.3) is 0 Å². The van der Waals surface area contributed by atoms with Gasteiger partial charge in [0.05, 0.1) is 6.10 Å². The highest BCUT2D eigenvalue weighted by Crippen LogP contribution is 2.04. The first kappa shape index (κ1) is 15.2. The third-order valence-corrected chi connectivity index (χ3v) is 3.06. The summed E-state index contributed by atoms with van der Waals surface area (Å²) >= 11 is 0. The summed E-state index contributed by atoms with van der Waals surface area (Å²) < 4.78 is 0. The zero-order chi connectivity index (χ0) is 13.4. The Labute approximate surface area is 110 Å². The molecule has 0 amide bonds. The Morgan fingerprint density at radius 2 is 1.89 bits per heavy atom. The van der Waals surface area contributed by atoms with Crippen molar-refractivity contribution in [1.29, 1.82) is 0 Å². The van der Waals surface area contributed by atoms with Gasteiger partial charge in [0, 0.05) is 12.6 Å². The molecule has 1 aromatic carbocycles. The second-order valence-corrected chi connectivity index (χ2v) is 5.31. The summed E-state index contributed by atoms with van der Waals surface area (Å²) in [6.07, 6.45) is 1.35. The maximum atomic E-state index is 9.96. The van der Waals surface area contributed by atoms with Gasteiger partial charge in [0.1, 0.15) is 0 Å². The molecule has 0 aromatic heterocycles. The molecule has 18 heavy (non-hydrogen) atoms. The van der Waals surface area contributed by atoms with E-state index in [2.05, 4.69) is 19.2 Å². The number of benzene rings is 1. The van der Waals surface area contributed by atoms with Gasteiger partial charge in [-0.2, -0.15) is 0 Å². The molecule has 4 N–H and O–H groups in total. The van der Waals surface area contributed by atoms with Crippen LogP contribution in [-0.2, 0) is 6.42 Å². The molecule has 3 nitrogen and oxygen atoms in total. The van der Waals surface area contributed by atoms with E-state index in [1.807, 2.05) is 30.3 Å². The molecule has 1 aromatic rings. The van der Waals surface area contributed by atoms with Crippen LogP contribution in [0.25, 0.3) is 0 Å². The van der Waals surface area contributed by atoms with E-state index in [1.54, 1.807) is 0 Å². The Kier molecular flexibility index (Phi) is 6.94. The number of hydrogen-bond donors (Lipinski definition) is 3. The molecule has 0 aliphatic carbocycles. The van der Waals surface area contributed by atoms with E-state index in [0.29, 0.717) is 18.9 Å². The maximum absolute atomic E-state index is 9.96. The highest BCUT2D eigenvalue weighted by atomic mass is 16.3. The van der Waals surface area contributed by atoms with Gasteiger partial charge in [-0.15, -0.1) is 0 Å². The van der Waals surface area contributed by atoms with E-state index < -0.39 is 6.10 Å².